The van der Waals surface area contributed by atoms with E-state index in [-0.39, 0.29) is 35.9 Å². The molecule has 0 bridgehead atoms. The van der Waals surface area contributed by atoms with Crippen molar-refractivity contribution in [2.75, 3.05) is 47.0 Å². The van der Waals surface area contributed by atoms with Gasteiger partial charge in [0.25, 0.3) is 0 Å². The van der Waals surface area contributed by atoms with E-state index in [9.17, 15) is 4.39 Å². The van der Waals surface area contributed by atoms with E-state index < -0.39 is 0 Å². The molecule has 0 radical (unpaired) electrons. The molecule has 2 rings (SSSR count). The Morgan fingerprint density at radius 2 is 1.93 bits per heavy atom. The lowest BCUT2D eigenvalue weighted by Crippen LogP contribution is -2.48. The van der Waals surface area contributed by atoms with Crippen molar-refractivity contribution >= 4 is 29.9 Å². The number of guanidine groups is 1. The van der Waals surface area contributed by atoms with E-state index in [0.717, 1.165) is 51.5 Å². The first-order chi connectivity index (χ1) is 13.1. The van der Waals surface area contributed by atoms with Gasteiger partial charge in [0.05, 0.1) is 12.6 Å². The first-order valence-corrected chi connectivity index (χ1v) is 9.60. The van der Waals surface area contributed by atoms with E-state index in [2.05, 4.69) is 15.2 Å². The van der Waals surface area contributed by atoms with E-state index in [1.54, 1.807) is 26.3 Å². The molecule has 0 aliphatic carbocycles. The van der Waals surface area contributed by atoms with Crippen LogP contribution in [0.25, 0.3) is 0 Å². The Morgan fingerprint density at radius 1 is 1.25 bits per heavy atom. The second kappa shape index (κ2) is 13.9. The van der Waals surface area contributed by atoms with Crippen molar-refractivity contribution in [3.05, 3.63) is 30.1 Å². The number of hydrogen-bond acceptors (Lipinski definition) is 4. The van der Waals surface area contributed by atoms with Gasteiger partial charge < -0.3 is 24.4 Å². The van der Waals surface area contributed by atoms with Crippen LogP contribution in [-0.2, 0) is 9.47 Å². The minimum Gasteiger partial charge on any atom is -0.489 e. The maximum atomic E-state index is 13.0. The number of rotatable bonds is 9. The minimum absolute atomic E-state index is 0. The average Bonchev–Trinajstić information content (AvgIpc) is 2.68. The average molecular weight is 509 g/mol. The number of nitrogens with one attached hydrogen (secondary N) is 1. The first-order valence-electron chi connectivity index (χ1n) is 9.60. The Kier molecular flexibility index (Phi) is 12.4. The molecule has 28 heavy (non-hydrogen) atoms. The molecule has 1 aromatic rings. The van der Waals surface area contributed by atoms with E-state index in [4.69, 9.17) is 14.2 Å². The predicted molar refractivity (Wildman–Crippen MR) is 120 cm³/mol. The van der Waals surface area contributed by atoms with Gasteiger partial charge in [0, 0.05) is 40.5 Å². The molecule has 1 aromatic carbocycles. The maximum absolute atomic E-state index is 13.0. The van der Waals surface area contributed by atoms with Gasteiger partial charge in [-0.2, -0.15) is 0 Å². The zero-order chi connectivity index (χ0) is 19.5. The van der Waals surface area contributed by atoms with E-state index in [1.165, 1.54) is 12.1 Å². The lowest BCUT2D eigenvalue weighted by atomic mass is 10.1. The van der Waals surface area contributed by atoms with E-state index in [0.29, 0.717) is 18.4 Å². The molecule has 1 unspecified atom stereocenters. The molecule has 1 fully saturated rings. The second-order valence-electron chi connectivity index (χ2n) is 6.71. The Balaban J connectivity index is 0.00000392. The largest absolute Gasteiger partial charge is 0.489 e. The van der Waals surface area contributed by atoms with Gasteiger partial charge in [-0.1, -0.05) is 0 Å². The molecule has 8 heteroatoms. The normalized spacial score (nSPS) is 16.4. The highest BCUT2D eigenvalue weighted by Gasteiger charge is 2.22. The van der Waals surface area contributed by atoms with Crippen LogP contribution in [0.4, 0.5) is 4.39 Å². The van der Waals surface area contributed by atoms with Gasteiger partial charge in [-0.15, -0.1) is 24.0 Å². The van der Waals surface area contributed by atoms with Crippen LogP contribution in [-0.4, -0.2) is 70.1 Å². The lowest BCUT2D eigenvalue weighted by molar-refractivity contribution is 0.00984. The number of ether oxygens (including phenoxy) is 3. The van der Waals surface area contributed by atoms with Crippen molar-refractivity contribution in [1.29, 1.82) is 0 Å². The zero-order valence-corrected chi connectivity index (χ0v) is 19.4. The van der Waals surface area contributed by atoms with E-state index in [1.807, 2.05) is 6.92 Å². The fraction of sp³-hybridized carbons (Fsp3) is 0.650. The van der Waals surface area contributed by atoms with Crippen LogP contribution in [0.2, 0.25) is 0 Å². The minimum atomic E-state index is -0.264. The molecule has 1 saturated heterocycles. The van der Waals surface area contributed by atoms with Crippen LogP contribution in [0.5, 0.6) is 5.75 Å². The van der Waals surface area contributed by atoms with Crippen LogP contribution in [0.3, 0.4) is 0 Å². The number of aliphatic imine (C=N–C) groups is 1. The summed E-state index contributed by atoms with van der Waals surface area (Å²) in [6.45, 7) is 5.93. The standard InChI is InChI=1S/C20H32FN3O3.HI/c1-16(27-19-7-5-17(21)6-8-19)15-23-20(22-2)24-11-9-18(10-12-24)26-14-4-13-25-3;/h5-8,16,18H,4,9-15H2,1-3H3,(H,22,23);1H. The number of likely N-dealkylation sites (tertiary alicyclic amines) is 1. The van der Waals surface area contributed by atoms with Gasteiger partial charge in [0.15, 0.2) is 5.96 Å². The Morgan fingerprint density at radius 3 is 2.54 bits per heavy atom. The molecule has 0 spiro atoms. The summed E-state index contributed by atoms with van der Waals surface area (Å²) in [6, 6.07) is 6.07. The molecule has 0 aromatic heterocycles. The summed E-state index contributed by atoms with van der Waals surface area (Å²) in [5.74, 6) is 1.27. The van der Waals surface area contributed by atoms with Gasteiger partial charge in [-0.25, -0.2) is 4.39 Å². The highest BCUT2D eigenvalue weighted by Crippen LogP contribution is 2.15. The van der Waals surface area contributed by atoms with Crippen LogP contribution in [0.15, 0.2) is 29.3 Å². The number of nitrogens with zero attached hydrogens (tertiary/aromatic N) is 2. The second-order valence-corrected chi connectivity index (χ2v) is 6.71. The monoisotopic (exact) mass is 509 g/mol. The highest BCUT2D eigenvalue weighted by atomic mass is 127. The number of benzene rings is 1. The van der Waals surface area contributed by atoms with Crippen molar-refractivity contribution in [2.45, 2.75) is 38.4 Å². The molecule has 1 N–H and O–H groups in total. The zero-order valence-electron chi connectivity index (χ0n) is 17.0. The number of piperidine rings is 1. The summed E-state index contributed by atoms with van der Waals surface area (Å²) in [6.07, 6.45) is 3.18. The summed E-state index contributed by atoms with van der Waals surface area (Å²) in [7, 11) is 3.50. The van der Waals surface area contributed by atoms with Gasteiger partial charge >= 0.3 is 0 Å². The summed E-state index contributed by atoms with van der Waals surface area (Å²) in [5, 5.41) is 3.36. The lowest BCUT2D eigenvalue weighted by Gasteiger charge is -2.34. The molecule has 6 nitrogen and oxygen atoms in total. The fourth-order valence-corrected chi connectivity index (χ4v) is 3.04. The molecule has 160 valence electrons. The van der Waals surface area contributed by atoms with Crippen molar-refractivity contribution in [2.24, 2.45) is 4.99 Å². The summed E-state index contributed by atoms with van der Waals surface area (Å²) in [5.41, 5.74) is 0. The van der Waals surface area contributed by atoms with Crippen molar-refractivity contribution in [3.63, 3.8) is 0 Å². The summed E-state index contributed by atoms with van der Waals surface area (Å²) >= 11 is 0. The highest BCUT2D eigenvalue weighted by molar-refractivity contribution is 14.0. The molecular formula is C20H33FIN3O3. The Bertz CT molecular complexity index is 566. The quantitative estimate of drug-likeness (QED) is 0.240. The summed E-state index contributed by atoms with van der Waals surface area (Å²) in [4.78, 5) is 6.63. The Hall–Kier alpha value is -1.13. The van der Waals surface area contributed by atoms with Crippen molar-refractivity contribution in [3.8, 4) is 5.75 Å². The Labute approximate surface area is 184 Å². The third-order valence-corrected chi connectivity index (χ3v) is 4.50. The third-order valence-electron chi connectivity index (χ3n) is 4.50. The van der Waals surface area contributed by atoms with Gasteiger partial charge in [0.2, 0.25) is 0 Å². The van der Waals surface area contributed by atoms with Gasteiger partial charge in [0.1, 0.15) is 17.7 Å². The molecule has 0 saturated carbocycles. The van der Waals surface area contributed by atoms with Crippen LogP contribution < -0.4 is 10.1 Å². The van der Waals surface area contributed by atoms with E-state index >= 15 is 0 Å². The third kappa shape index (κ3) is 8.91. The molecule has 1 aliphatic heterocycles. The van der Waals surface area contributed by atoms with Crippen molar-refractivity contribution in [1.82, 2.24) is 10.2 Å². The maximum Gasteiger partial charge on any atom is 0.193 e. The van der Waals surface area contributed by atoms with Crippen LogP contribution >= 0.6 is 24.0 Å². The topological polar surface area (TPSA) is 55.3 Å². The van der Waals surface area contributed by atoms with Gasteiger partial charge in [-0.3, -0.25) is 4.99 Å². The molecule has 1 aliphatic rings. The van der Waals surface area contributed by atoms with Crippen LogP contribution in [0.1, 0.15) is 26.2 Å². The van der Waals surface area contributed by atoms with Gasteiger partial charge in [-0.05, 0) is 50.5 Å². The van der Waals surface area contributed by atoms with Crippen molar-refractivity contribution < 1.29 is 18.6 Å². The number of hydrogen-bond donors (Lipinski definition) is 1. The number of halogens is 2. The summed E-state index contributed by atoms with van der Waals surface area (Å²) < 4.78 is 29.7. The molecular weight excluding hydrogens is 476 g/mol. The first kappa shape index (κ1) is 24.9. The number of methoxy groups -OCH3 is 1. The van der Waals surface area contributed by atoms with Crippen LogP contribution in [0, 0.1) is 5.82 Å². The molecule has 0 amide bonds. The SMILES string of the molecule is CN=C(NCC(C)Oc1ccc(F)cc1)N1CCC(OCCCOC)CC1.I. The fourth-order valence-electron chi connectivity index (χ4n) is 3.04. The predicted octanol–water partition coefficient (Wildman–Crippen LogP) is 3.30. The molecule has 1 heterocycles. The smallest absolute Gasteiger partial charge is 0.193 e. The molecule has 1 atom stereocenters.